The number of benzene rings is 1. The molecule has 11 N–H and O–H groups in total. The van der Waals surface area contributed by atoms with Gasteiger partial charge in [0, 0.05) is 6.42 Å². The molecular formula is C24H38N6O7S. The molecule has 0 heterocycles. The number of carboxylic acid groups (broad SMARTS) is 1. The number of hydrogen-bond acceptors (Lipinski definition) is 9. The van der Waals surface area contributed by atoms with Gasteiger partial charge >= 0.3 is 5.97 Å². The second-order valence-corrected chi connectivity index (χ2v) is 9.72. The molecule has 0 aliphatic carbocycles. The van der Waals surface area contributed by atoms with E-state index in [1.807, 2.05) is 6.26 Å². The van der Waals surface area contributed by atoms with Crippen LogP contribution in [0.25, 0.3) is 0 Å². The summed E-state index contributed by atoms with van der Waals surface area (Å²) in [5.41, 5.74) is 17.0. The van der Waals surface area contributed by atoms with Crippen molar-refractivity contribution in [1.29, 1.82) is 0 Å². The van der Waals surface area contributed by atoms with Crippen molar-refractivity contribution >= 4 is 41.4 Å². The highest BCUT2D eigenvalue weighted by atomic mass is 32.2. The Bertz CT molecular complexity index is 947. The Balaban J connectivity index is 3.12. The minimum Gasteiger partial charge on any atom is -0.508 e. The maximum atomic E-state index is 13.3. The number of unbranched alkanes of at least 4 members (excludes halogenated alkanes) is 1. The number of nitrogens with two attached hydrogens (primary N) is 3. The molecule has 0 aliphatic heterocycles. The van der Waals surface area contributed by atoms with Gasteiger partial charge in [-0.3, -0.25) is 19.2 Å². The fourth-order valence-electron chi connectivity index (χ4n) is 3.46. The van der Waals surface area contributed by atoms with Crippen LogP contribution in [0.5, 0.6) is 5.75 Å². The molecule has 1 aromatic rings. The van der Waals surface area contributed by atoms with E-state index in [2.05, 4.69) is 16.0 Å². The number of carboxylic acids is 1. The lowest BCUT2D eigenvalue weighted by Gasteiger charge is -2.25. The van der Waals surface area contributed by atoms with E-state index in [-0.39, 0.29) is 25.0 Å². The van der Waals surface area contributed by atoms with Crippen molar-refractivity contribution in [3.8, 4) is 5.75 Å². The highest BCUT2D eigenvalue weighted by molar-refractivity contribution is 7.98. The van der Waals surface area contributed by atoms with Crippen molar-refractivity contribution < 1.29 is 34.2 Å². The van der Waals surface area contributed by atoms with Crippen LogP contribution in [0.3, 0.4) is 0 Å². The van der Waals surface area contributed by atoms with Crippen LogP contribution in [0.15, 0.2) is 24.3 Å². The maximum Gasteiger partial charge on any atom is 0.326 e. The van der Waals surface area contributed by atoms with E-state index in [9.17, 15) is 34.2 Å². The van der Waals surface area contributed by atoms with Crippen LogP contribution in [-0.2, 0) is 30.4 Å². The second kappa shape index (κ2) is 17.2. The zero-order valence-corrected chi connectivity index (χ0v) is 22.2. The van der Waals surface area contributed by atoms with Crippen LogP contribution in [-0.4, -0.2) is 82.5 Å². The van der Waals surface area contributed by atoms with Crippen molar-refractivity contribution in [2.45, 2.75) is 62.7 Å². The van der Waals surface area contributed by atoms with Gasteiger partial charge in [0.25, 0.3) is 0 Å². The number of hydrogen-bond donors (Lipinski definition) is 8. The molecule has 0 fully saturated rings. The van der Waals surface area contributed by atoms with Gasteiger partial charge in [-0.05, 0) is 61.9 Å². The van der Waals surface area contributed by atoms with Crippen LogP contribution >= 0.6 is 11.8 Å². The lowest BCUT2D eigenvalue weighted by molar-refractivity contribution is -0.142. The Morgan fingerprint density at radius 2 is 1.47 bits per heavy atom. The Hall–Kier alpha value is -3.36. The molecule has 4 amide bonds. The van der Waals surface area contributed by atoms with Gasteiger partial charge in [-0.25, -0.2) is 4.79 Å². The number of phenols is 1. The highest BCUT2D eigenvalue weighted by Crippen LogP contribution is 2.12. The molecule has 0 aliphatic rings. The fourth-order valence-corrected chi connectivity index (χ4v) is 3.94. The van der Waals surface area contributed by atoms with Gasteiger partial charge < -0.3 is 43.4 Å². The summed E-state index contributed by atoms with van der Waals surface area (Å²) in [4.78, 5) is 61.6. The Morgan fingerprint density at radius 3 is 2.03 bits per heavy atom. The quantitative estimate of drug-likeness (QED) is 0.0982. The Labute approximate surface area is 225 Å². The largest absolute Gasteiger partial charge is 0.508 e. The van der Waals surface area contributed by atoms with E-state index in [0.717, 1.165) is 0 Å². The molecule has 0 bridgehead atoms. The molecule has 4 unspecified atom stereocenters. The van der Waals surface area contributed by atoms with Crippen LogP contribution in [0, 0.1) is 0 Å². The van der Waals surface area contributed by atoms with E-state index >= 15 is 0 Å². The zero-order valence-electron chi connectivity index (χ0n) is 21.4. The summed E-state index contributed by atoms with van der Waals surface area (Å²) >= 11 is 1.43. The average Bonchev–Trinajstić information content (AvgIpc) is 2.85. The first-order valence-corrected chi connectivity index (χ1v) is 13.5. The molecule has 0 radical (unpaired) electrons. The first-order valence-electron chi connectivity index (χ1n) is 12.1. The summed E-state index contributed by atoms with van der Waals surface area (Å²) in [6.45, 7) is 0.366. The molecule has 13 nitrogen and oxygen atoms in total. The lowest BCUT2D eigenvalue weighted by Crippen LogP contribution is -2.57. The number of amides is 4. The van der Waals surface area contributed by atoms with E-state index in [1.165, 1.54) is 23.9 Å². The van der Waals surface area contributed by atoms with Crippen molar-refractivity contribution in [1.82, 2.24) is 16.0 Å². The lowest BCUT2D eigenvalue weighted by atomic mass is 10.0. The van der Waals surface area contributed by atoms with E-state index in [0.29, 0.717) is 30.7 Å². The SMILES string of the molecule is CSCCC(NC(=O)C(CCCCN)NC(=O)C(Cc1ccc(O)cc1)NC(=O)C(N)CC(N)=O)C(=O)O. The predicted octanol–water partition coefficient (Wildman–Crippen LogP) is -1.44. The number of aliphatic carboxylic acids is 1. The average molecular weight is 555 g/mol. The predicted molar refractivity (Wildman–Crippen MR) is 143 cm³/mol. The first kappa shape index (κ1) is 32.7. The molecular weight excluding hydrogens is 516 g/mol. The molecule has 0 aromatic heterocycles. The number of rotatable bonds is 18. The topological polar surface area (TPSA) is 240 Å². The maximum absolute atomic E-state index is 13.3. The normalized spacial score (nSPS) is 14.0. The molecule has 4 atom stereocenters. The molecule has 0 saturated carbocycles. The second-order valence-electron chi connectivity index (χ2n) is 8.74. The summed E-state index contributed by atoms with van der Waals surface area (Å²) < 4.78 is 0. The molecule has 38 heavy (non-hydrogen) atoms. The van der Waals surface area contributed by atoms with Crippen molar-refractivity contribution in [3.63, 3.8) is 0 Å². The number of carbonyl (C=O) groups excluding carboxylic acids is 4. The summed E-state index contributed by atoms with van der Waals surface area (Å²) in [7, 11) is 0. The number of primary amides is 1. The fraction of sp³-hybridized carbons (Fsp3) is 0.542. The third-order valence-corrected chi connectivity index (χ3v) is 6.22. The van der Waals surface area contributed by atoms with E-state index < -0.39 is 60.2 Å². The van der Waals surface area contributed by atoms with Gasteiger partial charge in [0.15, 0.2) is 0 Å². The molecule has 1 rings (SSSR count). The standard InChI is InChI=1S/C24H38N6O7S/c1-38-11-9-18(24(36)37)29-22(34)17(4-2-3-10-25)28-23(35)19(12-14-5-7-15(31)8-6-14)30-21(33)16(26)13-20(27)32/h5-8,16-19,31H,2-4,9-13,25-26H2,1H3,(H2,27,32)(H,28,35)(H,29,34)(H,30,33)(H,36,37). The third kappa shape index (κ3) is 12.3. The number of aromatic hydroxyl groups is 1. The van der Waals surface area contributed by atoms with Gasteiger partial charge in [0.05, 0.1) is 12.5 Å². The molecule has 1 aromatic carbocycles. The summed E-state index contributed by atoms with van der Waals surface area (Å²) in [6, 6.07) is 1.20. The van der Waals surface area contributed by atoms with Crippen molar-refractivity contribution in [2.75, 3.05) is 18.6 Å². The monoisotopic (exact) mass is 554 g/mol. The number of carbonyl (C=O) groups is 5. The summed E-state index contributed by atoms with van der Waals surface area (Å²) in [5.74, 6) is -3.67. The molecule has 0 saturated heterocycles. The minimum absolute atomic E-state index is 0.00774. The Kier molecular flexibility index (Phi) is 14.8. The summed E-state index contributed by atoms with van der Waals surface area (Å²) in [5, 5.41) is 26.6. The van der Waals surface area contributed by atoms with Crippen LogP contribution in [0.1, 0.15) is 37.7 Å². The van der Waals surface area contributed by atoms with E-state index in [1.54, 1.807) is 12.1 Å². The summed E-state index contributed by atoms with van der Waals surface area (Å²) in [6.07, 6.45) is 2.79. The van der Waals surface area contributed by atoms with Gasteiger partial charge in [-0.2, -0.15) is 11.8 Å². The van der Waals surface area contributed by atoms with E-state index in [4.69, 9.17) is 17.2 Å². The minimum atomic E-state index is -1.29. The van der Waals surface area contributed by atoms with Gasteiger partial charge in [0.1, 0.15) is 23.9 Å². The Morgan fingerprint density at radius 1 is 0.895 bits per heavy atom. The smallest absolute Gasteiger partial charge is 0.326 e. The van der Waals surface area contributed by atoms with Crippen molar-refractivity contribution in [3.05, 3.63) is 29.8 Å². The van der Waals surface area contributed by atoms with Gasteiger partial charge in [0.2, 0.25) is 23.6 Å². The number of thioether (sulfide) groups is 1. The third-order valence-electron chi connectivity index (χ3n) is 5.57. The number of nitrogens with one attached hydrogen (secondary N) is 3. The number of phenolic OH excluding ortho intramolecular Hbond substituents is 1. The van der Waals surface area contributed by atoms with Crippen molar-refractivity contribution in [2.24, 2.45) is 17.2 Å². The van der Waals surface area contributed by atoms with Crippen LogP contribution in [0.4, 0.5) is 0 Å². The first-order chi connectivity index (χ1) is 18.0. The molecule has 0 spiro atoms. The van der Waals surface area contributed by atoms with Crippen LogP contribution in [0.2, 0.25) is 0 Å². The highest BCUT2D eigenvalue weighted by Gasteiger charge is 2.30. The zero-order chi connectivity index (χ0) is 28.7. The van der Waals surface area contributed by atoms with Gasteiger partial charge in [-0.15, -0.1) is 0 Å². The molecule has 212 valence electrons. The van der Waals surface area contributed by atoms with Gasteiger partial charge in [-0.1, -0.05) is 12.1 Å². The van der Waals surface area contributed by atoms with Crippen LogP contribution < -0.4 is 33.2 Å². The molecule has 14 heteroatoms.